The molecule has 0 saturated heterocycles. The number of carbonyl (C=O) groups excluding carboxylic acids is 2. The summed E-state index contributed by atoms with van der Waals surface area (Å²) in [5.41, 5.74) is 3.92. The largest absolute Gasteiger partial charge is 0.355 e. The second-order valence-electron chi connectivity index (χ2n) is 7.39. The van der Waals surface area contributed by atoms with Crippen molar-refractivity contribution in [2.45, 2.75) is 19.9 Å². The Morgan fingerprint density at radius 2 is 1.78 bits per heavy atom. The van der Waals surface area contributed by atoms with Crippen molar-refractivity contribution in [3.63, 3.8) is 0 Å². The van der Waals surface area contributed by atoms with E-state index in [1.807, 2.05) is 36.6 Å². The van der Waals surface area contributed by atoms with Crippen molar-refractivity contribution >= 4 is 39.1 Å². The zero-order valence-electron chi connectivity index (χ0n) is 17.7. The van der Waals surface area contributed by atoms with Crippen LogP contribution in [0.15, 0.2) is 65.0 Å². The van der Waals surface area contributed by atoms with E-state index in [1.165, 1.54) is 22.2 Å². The molecule has 0 spiro atoms. The number of thiophene rings is 1. The first-order valence-corrected chi connectivity index (χ1v) is 11.0. The highest BCUT2D eigenvalue weighted by Gasteiger charge is 2.14. The number of rotatable bonds is 6. The predicted octanol–water partition coefficient (Wildman–Crippen LogP) is 3.82. The van der Waals surface area contributed by atoms with Crippen molar-refractivity contribution in [1.29, 1.82) is 0 Å². The lowest BCUT2D eigenvalue weighted by atomic mass is 10.1. The molecule has 32 heavy (non-hydrogen) atoms. The van der Waals surface area contributed by atoms with Crippen molar-refractivity contribution in [1.82, 2.24) is 14.9 Å². The normalized spacial score (nSPS) is 10.8. The maximum atomic E-state index is 13.1. The third-order valence-corrected chi connectivity index (χ3v) is 6.05. The topological polar surface area (TPSA) is 93.1 Å². The fourth-order valence-electron chi connectivity index (χ4n) is 3.37. The van der Waals surface area contributed by atoms with Gasteiger partial charge in [0.25, 0.3) is 11.5 Å². The molecule has 0 unspecified atom stereocenters. The third-order valence-electron chi connectivity index (χ3n) is 5.16. The molecule has 8 heteroatoms. The minimum Gasteiger partial charge on any atom is -0.355 e. The molecule has 0 aliphatic heterocycles. The second-order valence-corrected chi connectivity index (χ2v) is 8.25. The molecule has 0 atom stereocenters. The number of aryl methyl sites for hydroxylation is 2. The summed E-state index contributed by atoms with van der Waals surface area (Å²) in [6, 6.07) is 14.6. The van der Waals surface area contributed by atoms with E-state index in [2.05, 4.69) is 15.6 Å². The van der Waals surface area contributed by atoms with Gasteiger partial charge in [-0.25, -0.2) is 4.98 Å². The van der Waals surface area contributed by atoms with Crippen LogP contribution in [0.1, 0.15) is 22.3 Å². The summed E-state index contributed by atoms with van der Waals surface area (Å²) in [6.45, 7) is 2.23. The smallest absolute Gasteiger partial charge is 0.262 e. The highest BCUT2D eigenvalue weighted by molar-refractivity contribution is 7.17. The molecule has 4 aromatic rings. The van der Waals surface area contributed by atoms with E-state index in [-0.39, 0.29) is 30.3 Å². The molecule has 0 aliphatic carbocycles. The van der Waals surface area contributed by atoms with Gasteiger partial charge in [-0.15, -0.1) is 11.3 Å². The molecule has 0 saturated carbocycles. The number of carbonyl (C=O) groups is 2. The van der Waals surface area contributed by atoms with E-state index in [9.17, 15) is 14.4 Å². The lowest BCUT2D eigenvalue weighted by Crippen LogP contribution is -2.23. The summed E-state index contributed by atoms with van der Waals surface area (Å²) < 4.78 is 1.47. The Labute approximate surface area is 188 Å². The molecule has 0 aliphatic rings. The summed E-state index contributed by atoms with van der Waals surface area (Å²) >= 11 is 1.43. The van der Waals surface area contributed by atoms with Crippen molar-refractivity contribution in [2.75, 3.05) is 12.4 Å². The molecule has 2 N–H and O–H groups in total. The standard InChI is InChI=1S/C24H22N4O3S/c1-15-3-5-16(6-4-15)19-13-32-23-21(19)24(31)28(14-26-23)12-11-20(29)27-18-9-7-17(8-10-18)22(30)25-2/h3-10,13-14H,11-12H2,1-2H3,(H,25,30)(H,27,29). The maximum Gasteiger partial charge on any atom is 0.262 e. The van der Waals surface area contributed by atoms with Crippen LogP contribution >= 0.6 is 11.3 Å². The Hall–Kier alpha value is -3.78. The zero-order valence-corrected chi connectivity index (χ0v) is 18.5. The minimum absolute atomic E-state index is 0.119. The van der Waals surface area contributed by atoms with Gasteiger partial charge in [-0.3, -0.25) is 19.0 Å². The molecule has 4 rings (SSSR count). The van der Waals surface area contributed by atoms with Crippen LogP contribution < -0.4 is 16.2 Å². The van der Waals surface area contributed by atoms with Crippen LogP contribution in [0.25, 0.3) is 21.3 Å². The zero-order chi connectivity index (χ0) is 22.7. The Balaban J connectivity index is 1.48. The van der Waals surface area contributed by atoms with Crippen molar-refractivity contribution < 1.29 is 9.59 Å². The first-order valence-electron chi connectivity index (χ1n) is 10.1. The first-order chi connectivity index (χ1) is 15.5. The van der Waals surface area contributed by atoms with Gasteiger partial charge in [0.15, 0.2) is 0 Å². The SMILES string of the molecule is CNC(=O)c1ccc(NC(=O)CCn2cnc3scc(-c4ccc(C)cc4)c3c2=O)cc1. The molecule has 162 valence electrons. The summed E-state index contributed by atoms with van der Waals surface area (Å²) in [4.78, 5) is 42.2. The highest BCUT2D eigenvalue weighted by atomic mass is 32.1. The van der Waals surface area contributed by atoms with Gasteiger partial charge in [-0.2, -0.15) is 0 Å². The Morgan fingerprint density at radius 1 is 1.06 bits per heavy atom. The Kier molecular flexibility index (Phi) is 6.13. The van der Waals surface area contributed by atoms with E-state index in [4.69, 9.17) is 0 Å². The number of nitrogens with zero attached hydrogens (tertiary/aromatic N) is 2. The molecular weight excluding hydrogens is 424 g/mol. The fraction of sp³-hybridized carbons (Fsp3) is 0.167. The lowest BCUT2D eigenvalue weighted by molar-refractivity contribution is -0.116. The fourth-order valence-corrected chi connectivity index (χ4v) is 4.27. The van der Waals surface area contributed by atoms with Gasteiger partial charge in [0.05, 0.1) is 11.7 Å². The molecule has 2 amide bonds. The number of anilines is 1. The lowest BCUT2D eigenvalue weighted by Gasteiger charge is -2.08. The van der Waals surface area contributed by atoms with Crippen LogP contribution in [0.5, 0.6) is 0 Å². The van der Waals surface area contributed by atoms with E-state index in [0.717, 1.165) is 16.7 Å². The quantitative estimate of drug-likeness (QED) is 0.471. The predicted molar refractivity (Wildman–Crippen MR) is 127 cm³/mol. The summed E-state index contributed by atoms with van der Waals surface area (Å²) in [5, 5.41) is 7.86. The molecule has 7 nitrogen and oxygen atoms in total. The van der Waals surface area contributed by atoms with E-state index in [1.54, 1.807) is 31.3 Å². The van der Waals surface area contributed by atoms with Gasteiger partial charge in [0.1, 0.15) is 4.83 Å². The van der Waals surface area contributed by atoms with Crippen LogP contribution in [-0.2, 0) is 11.3 Å². The second kappa shape index (κ2) is 9.15. The number of nitrogens with one attached hydrogen (secondary N) is 2. The average molecular weight is 447 g/mol. The maximum absolute atomic E-state index is 13.1. The van der Waals surface area contributed by atoms with E-state index >= 15 is 0 Å². The molecule has 0 bridgehead atoms. The number of hydrogen-bond acceptors (Lipinski definition) is 5. The van der Waals surface area contributed by atoms with Crippen molar-refractivity contribution in [2.24, 2.45) is 0 Å². The summed E-state index contributed by atoms with van der Waals surface area (Å²) in [6.07, 6.45) is 1.61. The molecular formula is C24H22N4O3S. The Bertz CT molecular complexity index is 1340. The Morgan fingerprint density at radius 3 is 2.47 bits per heavy atom. The number of amides is 2. The number of aromatic nitrogens is 2. The molecule has 2 aromatic carbocycles. The van der Waals surface area contributed by atoms with Gasteiger partial charge < -0.3 is 10.6 Å². The van der Waals surface area contributed by atoms with Crippen LogP contribution in [0.3, 0.4) is 0 Å². The molecule has 0 fully saturated rings. The molecule has 2 heterocycles. The van der Waals surface area contributed by atoms with Crippen molar-refractivity contribution in [3.05, 3.63) is 81.7 Å². The van der Waals surface area contributed by atoms with Gasteiger partial charge in [-0.05, 0) is 36.8 Å². The minimum atomic E-state index is -0.228. The van der Waals surface area contributed by atoms with Gasteiger partial charge in [0, 0.05) is 42.2 Å². The molecule has 0 radical (unpaired) electrons. The number of hydrogen-bond donors (Lipinski definition) is 2. The van der Waals surface area contributed by atoms with E-state index in [0.29, 0.717) is 21.5 Å². The van der Waals surface area contributed by atoms with Crippen LogP contribution in [0.4, 0.5) is 5.69 Å². The summed E-state index contributed by atoms with van der Waals surface area (Å²) in [5.74, 6) is -0.419. The monoisotopic (exact) mass is 446 g/mol. The van der Waals surface area contributed by atoms with Gasteiger partial charge >= 0.3 is 0 Å². The van der Waals surface area contributed by atoms with Crippen LogP contribution in [-0.4, -0.2) is 28.4 Å². The van der Waals surface area contributed by atoms with Crippen molar-refractivity contribution in [3.8, 4) is 11.1 Å². The third kappa shape index (κ3) is 4.45. The van der Waals surface area contributed by atoms with Gasteiger partial charge in [0.2, 0.25) is 5.91 Å². The van der Waals surface area contributed by atoms with Crippen LogP contribution in [0, 0.1) is 6.92 Å². The van der Waals surface area contributed by atoms with Gasteiger partial charge in [-0.1, -0.05) is 29.8 Å². The molecule has 2 aromatic heterocycles. The average Bonchev–Trinajstić information content (AvgIpc) is 3.24. The van der Waals surface area contributed by atoms with Crippen LogP contribution in [0.2, 0.25) is 0 Å². The van der Waals surface area contributed by atoms with E-state index < -0.39 is 0 Å². The highest BCUT2D eigenvalue weighted by Crippen LogP contribution is 2.30. The summed E-state index contributed by atoms with van der Waals surface area (Å²) in [7, 11) is 1.56. The number of benzene rings is 2. The first kappa shape index (κ1) is 21.5. The number of fused-ring (bicyclic) bond motifs is 1.